The highest BCUT2D eigenvalue weighted by Crippen LogP contribution is 2.30. The lowest BCUT2D eigenvalue weighted by molar-refractivity contribution is -0.113. The molecule has 2 N–H and O–H groups in total. The quantitative estimate of drug-likeness (QED) is 0.336. The van der Waals surface area contributed by atoms with Gasteiger partial charge in [0.1, 0.15) is 17.2 Å². The number of methoxy groups -OCH3 is 3. The molecule has 0 atom stereocenters. The molecule has 0 aliphatic heterocycles. The van der Waals surface area contributed by atoms with Crippen LogP contribution in [0, 0.1) is 0 Å². The van der Waals surface area contributed by atoms with Crippen LogP contribution in [-0.4, -0.2) is 49.1 Å². The number of carbonyl (C=O) groups is 2. The second-order valence-electron chi connectivity index (χ2n) is 6.07. The maximum Gasteiger partial charge on any atom is 0.261 e. The largest absolute Gasteiger partial charge is 0.497 e. The number of rotatable bonds is 9. The smallest absolute Gasteiger partial charge is 0.261 e. The van der Waals surface area contributed by atoms with Crippen molar-refractivity contribution in [3.8, 4) is 17.2 Å². The first kappa shape index (κ1) is 23.6. The standard InChI is InChI=1S/C20H19ClN4O5S2/c1-28-12-5-6-13(16(9-12)30-3)18(27)23-19-24-25-20(32-19)31-10-17(26)22-14-8-11(21)4-7-15(14)29-2/h4-9H,10H2,1-3H3,(H,22,26)(H,23,24,27). The fourth-order valence-electron chi connectivity index (χ4n) is 2.56. The molecule has 0 aliphatic rings. The summed E-state index contributed by atoms with van der Waals surface area (Å²) in [5, 5.41) is 14.2. The van der Waals surface area contributed by atoms with Crippen LogP contribution in [0.1, 0.15) is 10.4 Å². The van der Waals surface area contributed by atoms with Crippen LogP contribution in [0.5, 0.6) is 17.2 Å². The zero-order valence-corrected chi connectivity index (χ0v) is 19.7. The first-order valence-electron chi connectivity index (χ1n) is 9.06. The minimum atomic E-state index is -0.400. The number of nitrogens with one attached hydrogen (secondary N) is 2. The Morgan fingerprint density at radius 1 is 1.00 bits per heavy atom. The Morgan fingerprint density at radius 3 is 2.50 bits per heavy atom. The molecule has 168 valence electrons. The Balaban J connectivity index is 1.58. The maximum absolute atomic E-state index is 12.6. The predicted molar refractivity (Wildman–Crippen MR) is 125 cm³/mol. The summed E-state index contributed by atoms with van der Waals surface area (Å²) in [6, 6.07) is 9.81. The second kappa shape index (κ2) is 11.0. The topological polar surface area (TPSA) is 112 Å². The molecular formula is C20H19ClN4O5S2. The molecule has 0 fully saturated rings. The van der Waals surface area contributed by atoms with Crippen molar-refractivity contribution in [2.24, 2.45) is 0 Å². The molecule has 3 aromatic rings. The fourth-order valence-corrected chi connectivity index (χ4v) is 4.28. The van der Waals surface area contributed by atoms with E-state index in [0.717, 1.165) is 11.3 Å². The minimum absolute atomic E-state index is 0.0878. The molecule has 9 nitrogen and oxygen atoms in total. The summed E-state index contributed by atoms with van der Waals surface area (Å²) in [7, 11) is 4.50. The van der Waals surface area contributed by atoms with Gasteiger partial charge in [-0.25, -0.2) is 0 Å². The molecule has 0 bridgehead atoms. The molecular weight excluding hydrogens is 476 g/mol. The van der Waals surface area contributed by atoms with E-state index in [2.05, 4.69) is 20.8 Å². The van der Waals surface area contributed by atoms with Gasteiger partial charge in [-0.05, 0) is 30.3 Å². The lowest BCUT2D eigenvalue weighted by Crippen LogP contribution is -2.14. The lowest BCUT2D eigenvalue weighted by Gasteiger charge is -2.10. The first-order chi connectivity index (χ1) is 15.4. The van der Waals surface area contributed by atoms with Gasteiger partial charge in [-0.1, -0.05) is 34.7 Å². The predicted octanol–water partition coefficient (Wildman–Crippen LogP) is 4.20. The summed E-state index contributed by atoms with van der Waals surface area (Å²) >= 11 is 8.32. The second-order valence-corrected chi connectivity index (χ2v) is 8.71. The van der Waals surface area contributed by atoms with Crippen LogP contribution >= 0.6 is 34.7 Å². The van der Waals surface area contributed by atoms with E-state index < -0.39 is 5.91 Å². The van der Waals surface area contributed by atoms with Crippen LogP contribution in [-0.2, 0) is 4.79 Å². The number of anilines is 2. The Labute approximate surface area is 197 Å². The summed E-state index contributed by atoms with van der Waals surface area (Å²) < 4.78 is 16.1. The van der Waals surface area contributed by atoms with Gasteiger partial charge in [-0.3, -0.25) is 14.9 Å². The highest BCUT2D eigenvalue weighted by Gasteiger charge is 2.16. The van der Waals surface area contributed by atoms with Gasteiger partial charge in [0.15, 0.2) is 4.34 Å². The Morgan fingerprint density at radius 2 is 1.78 bits per heavy atom. The Hall–Kier alpha value is -3.02. The third-order valence-electron chi connectivity index (χ3n) is 4.04. The van der Waals surface area contributed by atoms with Gasteiger partial charge in [0.25, 0.3) is 5.91 Å². The average Bonchev–Trinajstić information content (AvgIpc) is 3.24. The summed E-state index contributed by atoms with van der Waals surface area (Å²) in [5.41, 5.74) is 0.803. The number of hydrogen-bond acceptors (Lipinski definition) is 9. The molecule has 0 spiro atoms. The Bertz CT molecular complexity index is 1130. The van der Waals surface area contributed by atoms with Crippen molar-refractivity contribution in [3.63, 3.8) is 0 Å². The molecule has 2 amide bonds. The summed E-state index contributed by atoms with van der Waals surface area (Å²) in [5.74, 6) is 0.866. The lowest BCUT2D eigenvalue weighted by atomic mass is 10.2. The van der Waals surface area contributed by atoms with Crippen LogP contribution in [0.3, 0.4) is 0 Å². The van der Waals surface area contributed by atoms with Gasteiger partial charge in [0.05, 0.1) is 38.3 Å². The zero-order valence-electron chi connectivity index (χ0n) is 17.3. The molecule has 0 aliphatic carbocycles. The third kappa shape index (κ3) is 6.02. The van der Waals surface area contributed by atoms with Crippen LogP contribution in [0.25, 0.3) is 0 Å². The molecule has 0 radical (unpaired) electrons. The minimum Gasteiger partial charge on any atom is -0.497 e. The molecule has 32 heavy (non-hydrogen) atoms. The Kier molecular flexibility index (Phi) is 8.14. The van der Waals surface area contributed by atoms with Crippen molar-refractivity contribution in [2.45, 2.75) is 4.34 Å². The number of ether oxygens (including phenoxy) is 3. The number of halogens is 1. The van der Waals surface area contributed by atoms with Gasteiger partial charge in [-0.15, -0.1) is 10.2 Å². The van der Waals surface area contributed by atoms with Crippen LogP contribution < -0.4 is 24.8 Å². The molecule has 0 saturated heterocycles. The van der Waals surface area contributed by atoms with Gasteiger partial charge < -0.3 is 19.5 Å². The molecule has 0 saturated carbocycles. The average molecular weight is 495 g/mol. The van der Waals surface area contributed by atoms with Crippen molar-refractivity contribution in [2.75, 3.05) is 37.7 Å². The molecule has 3 rings (SSSR count). The van der Waals surface area contributed by atoms with Crippen LogP contribution in [0.4, 0.5) is 10.8 Å². The van der Waals surface area contributed by atoms with Crippen molar-refractivity contribution in [3.05, 3.63) is 47.0 Å². The summed E-state index contributed by atoms with van der Waals surface area (Å²) in [6.45, 7) is 0. The monoisotopic (exact) mass is 494 g/mol. The van der Waals surface area contributed by atoms with Crippen molar-refractivity contribution in [1.82, 2.24) is 10.2 Å². The van der Waals surface area contributed by atoms with Gasteiger partial charge in [0, 0.05) is 11.1 Å². The van der Waals surface area contributed by atoms with Gasteiger partial charge in [-0.2, -0.15) is 0 Å². The molecule has 1 aromatic heterocycles. The molecule has 2 aromatic carbocycles. The number of amides is 2. The molecule has 0 unspecified atom stereocenters. The molecule has 1 heterocycles. The number of thioether (sulfide) groups is 1. The number of benzene rings is 2. The van der Waals surface area contributed by atoms with E-state index in [4.69, 9.17) is 25.8 Å². The van der Waals surface area contributed by atoms with Crippen molar-refractivity contribution in [1.29, 1.82) is 0 Å². The normalized spacial score (nSPS) is 10.4. The van der Waals surface area contributed by atoms with Crippen LogP contribution in [0.2, 0.25) is 5.02 Å². The number of hydrogen-bond donors (Lipinski definition) is 2. The van der Waals surface area contributed by atoms with E-state index in [9.17, 15) is 9.59 Å². The van der Waals surface area contributed by atoms with E-state index in [1.165, 1.54) is 33.1 Å². The first-order valence-corrected chi connectivity index (χ1v) is 11.2. The van der Waals surface area contributed by atoms with Crippen molar-refractivity contribution < 1.29 is 23.8 Å². The SMILES string of the molecule is COc1ccc(C(=O)Nc2nnc(SCC(=O)Nc3cc(Cl)ccc3OC)s2)c(OC)c1. The van der Waals surface area contributed by atoms with Crippen molar-refractivity contribution >= 4 is 57.3 Å². The van der Waals surface area contributed by atoms with Gasteiger partial charge in [0.2, 0.25) is 11.0 Å². The number of carbonyl (C=O) groups excluding carboxylic acids is 2. The van der Waals surface area contributed by atoms with Gasteiger partial charge >= 0.3 is 0 Å². The highest BCUT2D eigenvalue weighted by atomic mass is 35.5. The summed E-state index contributed by atoms with van der Waals surface area (Å²) in [6.07, 6.45) is 0. The highest BCUT2D eigenvalue weighted by molar-refractivity contribution is 8.01. The van der Waals surface area contributed by atoms with E-state index in [1.807, 2.05) is 0 Å². The third-order valence-corrected chi connectivity index (χ3v) is 6.25. The van der Waals surface area contributed by atoms with Crippen LogP contribution in [0.15, 0.2) is 40.7 Å². The fraction of sp³-hybridized carbons (Fsp3) is 0.200. The van der Waals surface area contributed by atoms with E-state index >= 15 is 0 Å². The molecule has 12 heteroatoms. The maximum atomic E-state index is 12.6. The van der Waals surface area contributed by atoms with E-state index in [0.29, 0.717) is 43.0 Å². The van der Waals surface area contributed by atoms with E-state index in [1.54, 1.807) is 36.4 Å². The number of nitrogens with zero attached hydrogens (tertiary/aromatic N) is 2. The van der Waals surface area contributed by atoms with E-state index in [-0.39, 0.29) is 11.7 Å². The number of aromatic nitrogens is 2. The zero-order chi connectivity index (χ0) is 23.1. The summed E-state index contributed by atoms with van der Waals surface area (Å²) in [4.78, 5) is 24.9.